The second kappa shape index (κ2) is 6.94. The zero-order valence-electron chi connectivity index (χ0n) is 14.6. The van der Waals surface area contributed by atoms with Crippen LogP contribution >= 0.6 is 0 Å². The minimum atomic E-state index is -0.304. The number of carbonyl (C=O) groups excluding carboxylic acids is 2. The Balaban J connectivity index is 1.60. The molecule has 1 aromatic carbocycles. The van der Waals surface area contributed by atoms with E-state index in [0.717, 1.165) is 37.2 Å². The van der Waals surface area contributed by atoms with Crippen molar-refractivity contribution < 1.29 is 14.0 Å². The van der Waals surface area contributed by atoms with Crippen LogP contribution in [0.1, 0.15) is 36.6 Å². The quantitative estimate of drug-likeness (QED) is 0.795. The number of benzene rings is 1. The molecule has 0 saturated carbocycles. The molecular formula is C20H22FN3O2. The highest BCUT2D eigenvalue weighted by molar-refractivity contribution is 5.97. The molecule has 1 saturated heterocycles. The maximum atomic E-state index is 13.4. The van der Waals surface area contributed by atoms with Gasteiger partial charge in [-0.3, -0.25) is 9.59 Å². The van der Waals surface area contributed by atoms with Gasteiger partial charge >= 0.3 is 0 Å². The van der Waals surface area contributed by atoms with Gasteiger partial charge in [0.2, 0.25) is 11.8 Å². The summed E-state index contributed by atoms with van der Waals surface area (Å²) >= 11 is 0. The highest BCUT2D eigenvalue weighted by Crippen LogP contribution is 2.33. The van der Waals surface area contributed by atoms with Crippen LogP contribution in [0.3, 0.4) is 0 Å². The summed E-state index contributed by atoms with van der Waals surface area (Å²) in [6, 6.07) is 9.89. The van der Waals surface area contributed by atoms with Gasteiger partial charge in [0.15, 0.2) is 0 Å². The lowest BCUT2D eigenvalue weighted by atomic mass is 9.99. The Hall–Kier alpha value is -2.63. The van der Waals surface area contributed by atoms with E-state index in [2.05, 4.69) is 4.57 Å². The number of rotatable bonds is 3. The molecule has 0 radical (unpaired) electrons. The highest BCUT2D eigenvalue weighted by atomic mass is 19.1. The van der Waals surface area contributed by atoms with Crippen molar-refractivity contribution in [3.63, 3.8) is 0 Å². The molecule has 1 unspecified atom stereocenters. The molecule has 136 valence electrons. The lowest BCUT2D eigenvalue weighted by Gasteiger charge is -2.37. The summed E-state index contributed by atoms with van der Waals surface area (Å²) in [6.45, 7) is 2.73. The van der Waals surface area contributed by atoms with E-state index in [0.29, 0.717) is 13.1 Å². The van der Waals surface area contributed by atoms with E-state index in [4.69, 9.17) is 0 Å². The van der Waals surface area contributed by atoms with Crippen molar-refractivity contribution in [3.8, 4) is 0 Å². The maximum Gasteiger partial charge on any atom is 0.232 e. The Morgan fingerprint density at radius 3 is 2.42 bits per heavy atom. The second-order valence-electron chi connectivity index (χ2n) is 6.93. The summed E-state index contributed by atoms with van der Waals surface area (Å²) < 4.78 is 15.5. The molecule has 2 aliphatic rings. The highest BCUT2D eigenvalue weighted by Gasteiger charge is 2.33. The van der Waals surface area contributed by atoms with E-state index in [1.165, 1.54) is 12.1 Å². The van der Waals surface area contributed by atoms with Crippen molar-refractivity contribution in [2.75, 3.05) is 19.6 Å². The third-order valence-electron chi connectivity index (χ3n) is 5.31. The predicted molar refractivity (Wildman–Crippen MR) is 94.8 cm³/mol. The first-order valence-corrected chi connectivity index (χ1v) is 9.11. The average molecular weight is 355 g/mol. The van der Waals surface area contributed by atoms with Gasteiger partial charge in [0.05, 0.1) is 6.04 Å². The standard InChI is InChI=1S/C20H22FN3O2/c21-16-7-5-15(6-8-16)20-17-4-3-11-22(17)12-13-24(20)19(26)14-18(25)23-9-1-2-10-23/h3-8,11,20H,1-2,9-10,12-14H2. The van der Waals surface area contributed by atoms with Crippen molar-refractivity contribution in [1.82, 2.24) is 14.4 Å². The van der Waals surface area contributed by atoms with Gasteiger partial charge in [-0.05, 0) is 42.7 Å². The van der Waals surface area contributed by atoms with E-state index in [-0.39, 0.29) is 30.1 Å². The summed E-state index contributed by atoms with van der Waals surface area (Å²) in [5.74, 6) is -0.558. The lowest BCUT2D eigenvalue weighted by molar-refractivity contribution is -0.141. The number of fused-ring (bicyclic) bond motifs is 1. The number of carbonyl (C=O) groups is 2. The van der Waals surface area contributed by atoms with Crippen molar-refractivity contribution in [1.29, 1.82) is 0 Å². The van der Waals surface area contributed by atoms with Crippen LogP contribution in [0.25, 0.3) is 0 Å². The van der Waals surface area contributed by atoms with Crippen LogP contribution < -0.4 is 0 Å². The number of halogens is 1. The number of nitrogens with zero attached hydrogens (tertiary/aromatic N) is 3. The van der Waals surface area contributed by atoms with E-state index >= 15 is 0 Å². The molecule has 0 bridgehead atoms. The fourth-order valence-corrected chi connectivity index (χ4v) is 3.96. The first-order chi connectivity index (χ1) is 12.6. The molecule has 4 rings (SSSR count). The molecule has 0 aliphatic carbocycles. The molecule has 5 nitrogen and oxygen atoms in total. The number of amides is 2. The normalized spacial score (nSPS) is 19.5. The van der Waals surface area contributed by atoms with Crippen LogP contribution in [-0.4, -0.2) is 45.8 Å². The van der Waals surface area contributed by atoms with E-state index < -0.39 is 0 Å². The number of hydrogen-bond donors (Lipinski definition) is 0. The number of likely N-dealkylation sites (tertiary alicyclic amines) is 1. The third kappa shape index (κ3) is 3.11. The first kappa shape index (κ1) is 16.8. The van der Waals surface area contributed by atoms with Crippen LogP contribution in [0.2, 0.25) is 0 Å². The summed E-state index contributed by atoms with van der Waals surface area (Å²) in [7, 11) is 0. The largest absolute Gasteiger partial charge is 0.348 e. The molecule has 26 heavy (non-hydrogen) atoms. The summed E-state index contributed by atoms with van der Waals surface area (Å²) in [5.41, 5.74) is 1.85. The molecule has 0 N–H and O–H groups in total. The van der Waals surface area contributed by atoms with Crippen molar-refractivity contribution >= 4 is 11.8 Å². The number of aromatic nitrogens is 1. The molecule has 1 fully saturated rings. The van der Waals surface area contributed by atoms with E-state index in [1.807, 2.05) is 18.3 Å². The van der Waals surface area contributed by atoms with Gasteiger partial charge in [0, 0.05) is 38.1 Å². The van der Waals surface area contributed by atoms with Gasteiger partial charge in [0.1, 0.15) is 12.2 Å². The molecular weight excluding hydrogens is 333 g/mol. The Morgan fingerprint density at radius 1 is 0.962 bits per heavy atom. The van der Waals surface area contributed by atoms with Crippen LogP contribution in [0, 0.1) is 5.82 Å². The smallest absolute Gasteiger partial charge is 0.232 e. The third-order valence-corrected chi connectivity index (χ3v) is 5.31. The van der Waals surface area contributed by atoms with Crippen molar-refractivity contribution in [2.45, 2.75) is 31.8 Å². The number of hydrogen-bond acceptors (Lipinski definition) is 2. The van der Waals surface area contributed by atoms with Gasteiger partial charge in [-0.1, -0.05) is 12.1 Å². The van der Waals surface area contributed by atoms with Gasteiger partial charge in [-0.15, -0.1) is 0 Å². The van der Waals surface area contributed by atoms with Gasteiger partial charge in [-0.2, -0.15) is 0 Å². The summed E-state index contributed by atoms with van der Waals surface area (Å²) in [4.78, 5) is 28.9. The molecule has 1 aromatic heterocycles. The topological polar surface area (TPSA) is 45.6 Å². The summed E-state index contributed by atoms with van der Waals surface area (Å²) in [5, 5.41) is 0. The van der Waals surface area contributed by atoms with Crippen LogP contribution in [0.5, 0.6) is 0 Å². The minimum absolute atomic E-state index is 0.0914. The maximum absolute atomic E-state index is 13.4. The molecule has 2 amide bonds. The molecule has 1 atom stereocenters. The molecule has 2 aliphatic heterocycles. The van der Waals surface area contributed by atoms with Crippen molar-refractivity contribution in [3.05, 3.63) is 59.7 Å². The Morgan fingerprint density at radius 2 is 1.69 bits per heavy atom. The van der Waals surface area contributed by atoms with E-state index in [1.54, 1.807) is 21.9 Å². The van der Waals surface area contributed by atoms with Gasteiger partial charge in [0.25, 0.3) is 0 Å². The SMILES string of the molecule is O=C(CC(=O)N1CCn2cccc2C1c1ccc(F)cc1)N1CCCC1. The van der Waals surface area contributed by atoms with Crippen molar-refractivity contribution in [2.24, 2.45) is 0 Å². The predicted octanol–water partition coefficient (Wildman–Crippen LogP) is 2.57. The summed E-state index contributed by atoms with van der Waals surface area (Å²) in [6.07, 6.45) is 3.91. The Bertz CT molecular complexity index is 809. The minimum Gasteiger partial charge on any atom is -0.348 e. The van der Waals surface area contributed by atoms with Crippen LogP contribution in [0.15, 0.2) is 42.6 Å². The first-order valence-electron chi connectivity index (χ1n) is 9.11. The van der Waals surface area contributed by atoms with Crippen LogP contribution in [0.4, 0.5) is 4.39 Å². The monoisotopic (exact) mass is 355 g/mol. The average Bonchev–Trinajstić information content (AvgIpc) is 3.33. The van der Waals surface area contributed by atoms with Crippen LogP contribution in [-0.2, 0) is 16.1 Å². The molecule has 2 aromatic rings. The van der Waals surface area contributed by atoms with Gasteiger partial charge in [-0.25, -0.2) is 4.39 Å². The zero-order chi connectivity index (χ0) is 18.1. The van der Waals surface area contributed by atoms with E-state index in [9.17, 15) is 14.0 Å². The lowest BCUT2D eigenvalue weighted by Crippen LogP contribution is -2.44. The Kier molecular flexibility index (Phi) is 4.49. The molecule has 6 heteroatoms. The fourth-order valence-electron chi connectivity index (χ4n) is 3.96. The zero-order valence-corrected chi connectivity index (χ0v) is 14.6. The molecule has 0 spiro atoms. The fraction of sp³-hybridized carbons (Fsp3) is 0.400. The second-order valence-corrected chi connectivity index (χ2v) is 6.93. The Labute approximate surface area is 152 Å². The van der Waals surface area contributed by atoms with Gasteiger partial charge < -0.3 is 14.4 Å². The molecule has 3 heterocycles.